The summed E-state index contributed by atoms with van der Waals surface area (Å²) in [4.78, 5) is 26.3. The largest absolute Gasteiger partial charge is 0.456 e. The summed E-state index contributed by atoms with van der Waals surface area (Å²) in [7, 11) is -3.54. The highest BCUT2D eigenvalue weighted by atomic mass is 32.2. The predicted molar refractivity (Wildman–Crippen MR) is 106 cm³/mol. The Balaban J connectivity index is 1.21. The Hall–Kier alpha value is -1.93. The summed E-state index contributed by atoms with van der Waals surface area (Å²) in [5, 5.41) is 0. The van der Waals surface area contributed by atoms with E-state index in [0.29, 0.717) is 31.3 Å². The van der Waals surface area contributed by atoms with Crippen molar-refractivity contribution in [3.8, 4) is 0 Å². The van der Waals surface area contributed by atoms with Crippen LogP contribution in [0.3, 0.4) is 0 Å². The summed E-state index contributed by atoms with van der Waals surface area (Å²) < 4.78 is 31.9. The van der Waals surface area contributed by atoms with Gasteiger partial charge >= 0.3 is 5.97 Å². The Morgan fingerprint density at radius 3 is 2.34 bits per heavy atom. The van der Waals surface area contributed by atoms with E-state index in [9.17, 15) is 18.0 Å². The highest BCUT2D eigenvalue weighted by Gasteiger charge is 2.40. The molecule has 1 aromatic rings. The van der Waals surface area contributed by atoms with Crippen molar-refractivity contribution < 1.29 is 22.7 Å². The minimum Gasteiger partial charge on any atom is -0.456 e. The van der Waals surface area contributed by atoms with Gasteiger partial charge in [0.25, 0.3) is 5.91 Å². The average molecular weight is 421 g/mol. The second-order valence-electron chi connectivity index (χ2n) is 8.40. The monoisotopic (exact) mass is 420 g/mol. The van der Waals surface area contributed by atoms with Crippen LogP contribution in [0.1, 0.15) is 32.1 Å². The number of nitrogens with zero attached hydrogens (tertiary/aromatic N) is 2. The van der Waals surface area contributed by atoms with Crippen LogP contribution in [0.4, 0.5) is 0 Å². The summed E-state index contributed by atoms with van der Waals surface area (Å²) in [6, 6.07) is 8.30. The van der Waals surface area contributed by atoms with Gasteiger partial charge in [0.2, 0.25) is 10.0 Å². The van der Waals surface area contributed by atoms with Crippen LogP contribution >= 0.6 is 0 Å². The Morgan fingerprint density at radius 2 is 1.72 bits per heavy atom. The van der Waals surface area contributed by atoms with Gasteiger partial charge in [-0.1, -0.05) is 24.6 Å². The molecule has 1 heterocycles. The Morgan fingerprint density at radius 1 is 1.00 bits per heavy atom. The highest BCUT2D eigenvalue weighted by Crippen LogP contribution is 2.49. The van der Waals surface area contributed by atoms with Crippen LogP contribution in [-0.2, 0) is 24.3 Å². The molecule has 8 heteroatoms. The van der Waals surface area contributed by atoms with Crippen LogP contribution in [-0.4, -0.2) is 62.3 Å². The lowest BCUT2D eigenvalue weighted by Gasteiger charge is -2.33. The molecule has 3 atom stereocenters. The van der Waals surface area contributed by atoms with Gasteiger partial charge in [0.15, 0.2) is 6.61 Å². The van der Waals surface area contributed by atoms with E-state index in [1.54, 1.807) is 35.2 Å². The smallest absolute Gasteiger partial charge is 0.306 e. The van der Waals surface area contributed by atoms with E-state index in [1.165, 1.54) is 23.6 Å². The lowest BCUT2D eigenvalue weighted by Crippen LogP contribution is -2.51. The van der Waals surface area contributed by atoms with Gasteiger partial charge in [-0.2, -0.15) is 4.31 Å². The van der Waals surface area contributed by atoms with Gasteiger partial charge in [0, 0.05) is 32.6 Å². The molecule has 0 spiro atoms. The number of carbonyl (C=O) groups is 2. The number of piperazine rings is 1. The SMILES string of the molecule is O=C(C[C@@H]1C[C@@H]2CC[C@@H]1C2)OCC(=O)N1CCN(S(=O)(=O)c2ccccc2)CC1. The fraction of sp³-hybridized carbons (Fsp3) is 0.619. The fourth-order valence-corrected chi connectivity index (χ4v) is 6.50. The quantitative estimate of drug-likeness (QED) is 0.656. The van der Waals surface area contributed by atoms with Crippen molar-refractivity contribution in [1.29, 1.82) is 0 Å². The number of carbonyl (C=O) groups excluding carboxylic acids is 2. The first-order valence-electron chi connectivity index (χ1n) is 10.4. The summed E-state index contributed by atoms with van der Waals surface area (Å²) in [5.41, 5.74) is 0. The first-order chi connectivity index (χ1) is 13.9. The third kappa shape index (κ3) is 4.48. The van der Waals surface area contributed by atoms with Gasteiger partial charge in [-0.15, -0.1) is 0 Å². The molecule has 0 radical (unpaired) electrons. The molecule has 158 valence electrons. The summed E-state index contributed by atoms with van der Waals surface area (Å²) >= 11 is 0. The van der Waals surface area contributed by atoms with Gasteiger partial charge < -0.3 is 9.64 Å². The number of rotatable bonds is 6. The number of hydrogen-bond acceptors (Lipinski definition) is 5. The van der Waals surface area contributed by atoms with Crippen molar-refractivity contribution in [2.75, 3.05) is 32.8 Å². The molecule has 3 aliphatic rings. The third-order valence-corrected chi connectivity index (χ3v) is 8.56. The highest BCUT2D eigenvalue weighted by molar-refractivity contribution is 7.89. The summed E-state index contributed by atoms with van der Waals surface area (Å²) in [6.07, 6.45) is 5.29. The lowest BCUT2D eigenvalue weighted by molar-refractivity contribution is -0.153. The Labute approximate surface area is 172 Å². The van der Waals surface area contributed by atoms with Crippen LogP contribution in [0.25, 0.3) is 0 Å². The molecule has 0 unspecified atom stereocenters. The zero-order valence-electron chi connectivity index (χ0n) is 16.5. The molecule has 2 aliphatic carbocycles. The second kappa shape index (κ2) is 8.44. The topological polar surface area (TPSA) is 84.0 Å². The zero-order chi connectivity index (χ0) is 20.4. The van der Waals surface area contributed by atoms with E-state index in [-0.39, 0.29) is 36.5 Å². The molecule has 1 amide bonds. The van der Waals surface area contributed by atoms with Crippen LogP contribution in [0.5, 0.6) is 0 Å². The number of fused-ring (bicyclic) bond motifs is 2. The molecule has 7 nitrogen and oxygen atoms in total. The van der Waals surface area contributed by atoms with Gasteiger partial charge in [-0.25, -0.2) is 8.42 Å². The van der Waals surface area contributed by atoms with E-state index in [2.05, 4.69) is 0 Å². The minimum atomic E-state index is -3.54. The maximum absolute atomic E-state index is 12.7. The average Bonchev–Trinajstić information content (AvgIpc) is 3.36. The molecule has 3 fully saturated rings. The van der Waals surface area contributed by atoms with Crippen molar-refractivity contribution in [3.63, 3.8) is 0 Å². The van der Waals surface area contributed by atoms with Crippen LogP contribution < -0.4 is 0 Å². The van der Waals surface area contributed by atoms with Crippen molar-refractivity contribution in [1.82, 2.24) is 9.21 Å². The zero-order valence-corrected chi connectivity index (χ0v) is 17.4. The van der Waals surface area contributed by atoms with E-state index in [4.69, 9.17) is 4.74 Å². The summed E-state index contributed by atoms with van der Waals surface area (Å²) in [5.74, 6) is 1.30. The minimum absolute atomic E-state index is 0.238. The first kappa shape index (κ1) is 20.3. The van der Waals surface area contributed by atoms with E-state index >= 15 is 0 Å². The summed E-state index contributed by atoms with van der Waals surface area (Å²) in [6.45, 7) is 0.818. The molecular formula is C21H28N2O5S. The van der Waals surface area contributed by atoms with Gasteiger partial charge in [-0.05, 0) is 49.1 Å². The van der Waals surface area contributed by atoms with E-state index in [0.717, 1.165) is 12.3 Å². The molecule has 29 heavy (non-hydrogen) atoms. The molecule has 4 rings (SSSR count). The van der Waals surface area contributed by atoms with Crippen LogP contribution in [0.2, 0.25) is 0 Å². The number of sulfonamides is 1. The fourth-order valence-electron chi connectivity index (χ4n) is 5.05. The van der Waals surface area contributed by atoms with Gasteiger partial charge in [-0.3, -0.25) is 9.59 Å². The predicted octanol–water partition coefficient (Wildman–Crippen LogP) is 1.89. The maximum Gasteiger partial charge on any atom is 0.306 e. The second-order valence-corrected chi connectivity index (χ2v) is 10.3. The van der Waals surface area contributed by atoms with Crippen LogP contribution in [0, 0.1) is 17.8 Å². The third-order valence-electron chi connectivity index (χ3n) is 6.64. The Kier molecular flexibility index (Phi) is 5.92. The van der Waals surface area contributed by atoms with Gasteiger partial charge in [0.05, 0.1) is 4.90 Å². The molecule has 1 aliphatic heterocycles. The number of benzene rings is 1. The van der Waals surface area contributed by atoms with Gasteiger partial charge in [0.1, 0.15) is 0 Å². The van der Waals surface area contributed by atoms with Crippen LogP contribution in [0.15, 0.2) is 35.2 Å². The first-order valence-corrected chi connectivity index (χ1v) is 11.9. The number of amides is 1. The lowest BCUT2D eigenvalue weighted by atomic mass is 9.86. The molecule has 1 saturated heterocycles. The maximum atomic E-state index is 12.7. The molecule has 2 saturated carbocycles. The molecule has 2 bridgehead atoms. The van der Waals surface area contributed by atoms with Crippen molar-refractivity contribution in [3.05, 3.63) is 30.3 Å². The normalized spacial score (nSPS) is 27.2. The number of ether oxygens (including phenoxy) is 1. The number of hydrogen-bond donors (Lipinski definition) is 0. The molecular weight excluding hydrogens is 392 g/mol. The number of esters is 1. The molecule has 0 N–H and O–H groups in total. The van der Waals surface area contributed by atoms with Crippen molar-refractivity contribution in [2.24, 2.45) is 17.8 Å². The van der Waals surface area contributed by atoms with E-state index in [1.807, 2.05) is 0 Å². The van der Waals surface area contributed by atoms with Crippen molar-refractivity contribution >= 4 is 21.9 Å². The van der Waals surface area contributed by atoms with E-state index < -0.39 is 10.0 Å². The standard InChI is InChI=1S/C21H28N2O5S/c24-20(15-28-21(25)14-18-13-16-6-7-17(18)12-16)22-8-10-23(11-9-22)29(26,27)19-4-2-1-3-5-19/h1-5,16-18H,6-15H2/t16-,17-,18+/m1/s1. The molecule has 1 aromatic carbocycles. The molecule has 0 aromatic heterocycles. The van der Waals surface area contributed by atoms with Crippen molar-refractivity contribution in [2.45, 2.75) is 37.0 Å². The Bertz CT molecular complexity index is 849.